The maximum atomic E-state index is 12.4. The Morgan fingerprint density at radius 2 is 2.00 bits per heavy atom. The number of amides is 1. The first kappa shape index (κ1) is 16.3. The van der Waals surface area contributed by atoms with Gasteiger partial charge in [0.15, 0.2) is 0 Å². The van der Waals surface area contributed by atoms with Gasteiger partial charge in [-0.1, -0.05) is 12.8 Å². The van der Waals surface area contributed by atoms with Crippen LogP contribution in [0.15, 0.2) is 24.3 Å². The molecule has 2 N–H and O–H groups in total. The molecule has 1 fully saturated rings. The molecule has 1 aliphatic carbocycles. The summed E-state index contributed by atoms with van der Waals surface area (Å²) in [5.74, 6) is -0.896. The largest absolute Gasteiger partial charge is 0.494 e. The van der Waals surface area contributed by atoms with Crippen LogP contribution in [0.3, 0.4) is 0 Å². The van der Waals surface area contributed by atoms with E-state index in [4.69, 9.17) is 4.74 Å². The highest BCUT2D eigenvalue weighted by molar-refractivity contribution is 5.95. The molecule has 1 aromatic carbocycles. The second-order valence-corrected chi connectivity index (χ2v) is 5.97. The average Bonchev–Trinajstić information content (AvgIpc) is 2.48. The van der Waals surface area contributed by atoms with Crippen LogP contribution in [-0.4, -0.2) is 29.1 Å². The molecule has 0 aliphatic heterocycles. The summed E-state index contributed by atoms with van der Waals surface area (Å²) in [5, 5.41) is 12.3. The van der Waals surface area contributed by atoms with Crippen LogP contribution in [0.25, 0.3) is 0 Å². The smallest absolute Gasteiger partial charge is 0.308 e. The van der Waals surface area contributed by atoms with Gasteiger partial charge in [-0.2, -0.15) is 0 Å². The summed E-state index contributed by atoms with van der Waals surface area (Å²) in [5.41, 5.74) is -0.181. The molecule has 0 radical (unpaired) electrons. The van der Waals surface area contributed by atoms with Gasteiger partial charge in [0.25, 0.3) is 5.91 Å². The molecule has 5 nitrogen and oxygen atoms in total. The average molecular weight is 305 g/mol. The van der Waals surface area contributed by atoms with Crippen LogP contribution in [0.4, 0.5) is 0 Å². The fourth-order valence-corrected chi connectivity index (χ4v) is 3.08. The Hall–Kier alpha value is -2.04. The summed E-state index contributed by atoms with van der Waals surface area (Å²) in [7, 11) is 0. The van der Waals surface area contributed by atoms with Gasteiger partial charge in [-0.15, -0.1) is 0 Å². The van der Waals surface area contributed by atoms with Gasteiger partial charge in [-0.05, 0) is 51.0 Å². The second-order valence-electron chi connectivity index (χ2n) is 5.97. The number of ether oxygens (including phenoxy) is 1. The van der Waals surface area contributed by atoms with E-state index < -0.39 is 17.4 Å². The molecule has 0 heterocycles. The van der Waals surface area contributed by atoms with Crippen molar-refractivity contribution < 1.29 is 19.4 Å². The lowest BCUT2D eigenvalue weighted by atomic mass is 9.73. The van der Waals surface area contributed by atoms with E-state index >= 15 is 0 Å². The number of carbonyl (C=O) groups is 2. The molecule has 1 aliphatic rings. The number of carbonyl (C=O) groups excluding carboxylic acids is 1. The summed E-state index contributed by atoms with van der Waals surface area (Å²) in [6, 6.07) is 6.89. The van der Waals surface area contributed by atoms with E-state index in [1.54, 1.807) is 24.3 Å². The quantitative estimate of drug-likeness (QED) is 0.877. The number of carboxylic acid groups (broad SMARTS) is 1. The second kappa shape index (κ2) is 6.81. The number of carboxylic acids is 1. The van der Waals surface area contributed by atoms with Crippen molar-refractivity contribution in [2.24, 2.45) is 5.92 Å². The highest BCUT2D eigenvalue weighted by Crippen LogP contribution is 2.34. The molecular formula is C17H23NO4. The first-order valence-electron chi connectivity index (χ1n) is 7.74. The molecule has 0 spiro atoms. The Labute approximate surface area is 130 Å². The molecule has 0 saturated heterocycles. The SMILES string of the molecule is CCOc1ccc(C(=O)NC2(C)CCCCC2C(=O)O)cc1. The van der Waals surface area contributed by atoms with E-state index in [1.807, 2.05) is 13.8 Å². The standard InChI is InChI=1S/C17H23NO4/c1-3-22-13-9-7-12(8-10-13)15(19)18-17(2)11-5-4-6-14(17)16(20)21/h7-10,14H,3-6,11H2,1-2H3,(H,18,19)(H,20,21). The van der Waals surface area contributed by atoms with E-state index in [-0.39, 0.29) is 5.91 Å². The normalized spacial score (nSPS) is 24.5. The molecule has 0 bridgehead atoms. The highest BCUT2D eigenvalue weighted by atomic mass is 16.5. The molecule has 2 rings (SSSR count). The monoisotopic (exact) mass is 305 g/mol. The molecule has 1 saturated carbocycles. The van der Waals surface area contributed by atoms with Crippen LogP contribution >= 0.6 is 0 Å². The fourth-order valence-electron chi connectivity index (χ4n) is 3.08. The number of benzene rings is 1. The Kier molecular flexibility index (Phi) is 5.06. The van der Waals surface area contributed by atoms with Gasteiger partial charge in [0.05, 0.1) is 18.1 Å². The number of nitrogens with one attached hydrogen (secondary N) is 1. The third-order valence-corrected chi connectivity index (χ3v) is 4.33. The Morgan fingerprint density at radius 3 is 2.59 bits per heavy atom. The lowest BCUT2D eigenvalue weighted by molar-refractivity contribution is -0.145. The minimum absolute atomic E-state index is 0.237. The van der Waals surface area contributed by atoms with Gasteiger partial charge < -0.3 is 15.2 Å². The van der Waals surface area contributed by atoms with Gasteiger partial charge in [-0.25, -0.2) is 0 Å². The van der Waals surface area contributed by atoms with Crippen molar-refractivity contribution in [2.75, 3.05) is 6.61 Å². The van der Waals surface area contributed by atoms with Crippen molar-refractivity contribution in [2.45, 2.75) is 45.1 Å². The Morgan fingerprint density at radius 1 is 1.32 bits per heavy atom. The van der Waals surface area contributed by atoms with Crippen molar-refractivity contribution in [3.8, 4) is 5.75 Å². The van der Waals surface area contributed by atoms with E-state index in [0.717, 1.165) is 12.8 Å². The first-order chi connectivity index (χ1) is 10.5. The summed E-state index contributed by atoms with van der Waals surface area (Å²) >= 11 is 0. The van der Waals surface area contributed by atoms with Crippen LogP contribution in [0, 0.1) is 5.92 Å². The molecule has 22 heavy (non-hydrogen) atoms. The van der Waals surface area contributed by atoms with Crippen LogP contribution in [0.1, 0.15) is 49.9 Å². The van der Waals surface area contributed by atoms with E-state index in [0.29, 0.717) is 30.8 Å². The molecule has 120 valence electrons. The molecule has 2 unspecified atom stereocenters. The van der Waals surface area contributed by atoms with Crippen LogP contribution in [0.5, 0.6) is 5.75 Å². The topological polar surface area (TPSA) is 75.6 Å². The van der Waals surface area contributed by atoms with Gasteiger partial charge in [0, 0.05) is 5.56 Å². The summed E-state index contributed by atoms with van der Waals surface area (Å²) in [6.45, 7) is 4.30. The maximum absolute atomic E-state index is 12.4. The first-order valence-corrected chi connectivity index (χ1v) is 7.74. The van der Waals surface area contributed by atoms with Crippen molar-refractivity contribution >= 4 is 11.9 Å². The predicted molar refractivity (Wildman–Crippen MR) is 83.1 cm³/mol. The molecule has 1 amide bonds. The van der Waals surface area contributed by atoms with Crippen molar-refractivity contribution in [3.05, 3.63) is 29.8 Å². The van der Waals surface area contributed by atoms with Gasteiger partial charge in [0.2, 0.25) is 0 Å². The fraction of sp³-hybridized carbons (Fsp3) is 0.529. The summed E-state index contributed by atoms with van der Waals surface area (Å²) in [4.78, 5) is 23.8. The minimum atomic E-state index is -0.839. The third kappa shape index (κ3) is 3.59. The van der Waals surface area contributed by atoms with Crippen molar-refractivity contribution in [1.82, 2.24) is 5.32 Å². The Bertz CT molecular complexity index is 540. The molecule has 2 atom stereocenters. The number of hydrogen-bond donors (Lipinski definition) is 2. The predicted octanol–water partition coefficient (Wildman–Crippen LogP) is 2.85. The van der Waals surface area contributed by atoms with Crippen LogP contribution in [-0.2, 0) is 4.79 Å². The zero-order valence-corrected chi connectivity index (χ0v) is 13.1. The molecule has 0 aromatic heterocycles. The van der Waals surface area contributed by atoms with E-state index in [1.165, 1.54) is 0 Å². The molecule has 5 heteroatoms. The van der Waals surface area contributed by atoms with E-state index in [9.17, 15) is 14.7 Å². The maximum Gasteiger partial charge on any atom is 0.308 e. The zero-order valence-electron chi connectivity index (χ0n) is 13.1. The van der Waals surface area contributed by atoms with Gasteiger partial charge >= 0.3 is 5.97 Å². The minimum Gasteiger partial charge on any atom is -0.494 e. The van der Waals surface area contributed by atoms with Crippen LogP contribution in [0.2, 0.25) is 0 Å². The lowest BCUT2D eigenvalue weighted by Crippen LogP contribution is -2.55. The third-order valence-electron chi connectivity index (χ3n) is 4.33. The van der Waals surface area contributed by atoms with Gasteiger partial charge in [-0.3, -0.25) is 9.59 Å². The van der Waals surface area contributed by atoms with Crippen molar-refractivity contribution in [3.63, 3.8) is 0 Å². The Balaban J connectivity index is 2.10. The summed E-state index contributed by atoms with van der Waals surface area (Å²) < 4.78 is 5.35. The summed E-state index contributed by atoms with van der Waals surface area (Å²) in [6.07, 6.45) is 3.12. The van der Waals surface area contributed by atoms with E-state index in [2.05, 4.69) is 5.32 Å². The number of hydrogen-bond acceptors (Lipinski definition) is 3. The molecular weight excluding hydrogens is 282 g/mol. The lowest BCUT2D eigenvalue weighted by Gasteiger charge is -2.39. The highest BCUT2D eigenvalue weighted by Gasteiger charge is 2.42. The number of aliphatic carboxylic acids is 1. The van der Waals surface area contributed by atoms with Crippen molar-refractivity contribution in [1.29, 1.82) is 0 Å². The number of rotatable bonds is 5. The van der Waals surface area contributed by atoms with Gasteiger partial charge in [0.1, 0.15) is 5.75 Å². The van der Waals surface area contributed by atoms with Crippen LogP contribution < -0.4 is 10.1 Å². The molecule has 1 aromatic rings. The zero-order chi connectivity index (χ0) is 16.2.